The minimum atomic E-state index is -3.84. The van der Waals surface area contributed by atoms with Gasteiger partial charge in [-0.1, -0.05) is 0 Å². The SMILES string of the molecule is Cc1c(F)cc(CO)cc1S(=O)(=O)NC1CCOC1C. The second kappa shape index (κ2) is 5.77. The average Bonchev–Trinajstić information content (AvgIpc) is 2.77. The summed E-state index contributed by atoms with van der Waals surface area (Å²) in [6.45, 7) is 3.28. The minimum Gasteiger partial charge on any atom is -0.392 e. The number of hydrogen-bond donors (Lipinski definition) is 2. The Balaban J connectivity index is 2.36. The Morgan fingerprint density at radius 1 is 1.50 bits per heavy atom. The van der Waals surface area contributed by atoms with Gasteiger partial charge in [-0.25, -0.2) is 17.5 Å². The molecule has 1 aromatic carbocycles. The van der Waals surface area contributed by atoms with Crippen LogP contribution in [0.2, 0.25) is 0 Å². The predicted molar refractivity (Wildman–Crippen MR) is 71.2 cm³/mol. The lowest BCUT2D eigenvalue weighted by atomic mass is 10.1. The van der Waals surface area contributed by atoms with Crippen molar-refractivity contribution in [3.05, 3.63) is 29.1 Å². The van der Waals surface area contributed by atoms with Crippen LogP contribution >= 0.6 is 0 Å². The Morgan fingerprint density at radius 3 is 2.75 bits per heavy atom. The first-order valence-corrected chi connectivity index (χ1v) is 7.87. The summed E-state index contributed by atoms with van der Waals surface area (Å²) in [6, 6.07) is 2.11. The quantitative estimate of drug-likeness (QED) is 0.873. The normalized spacial score (nSPS) is 23.2. The summed E-state index contributed by atoms with van der Waals surface area (Å²) in [6.07, 6.45) is 0.373. The Labute approximate surface area is 117 Å². The predicted octanol–water partition coefficient (Wildman–Crippen LogP) is 1.08. The molecule has 0 radical (unpaired) electrons. The summed E-state index contributed by atoms with van der Waals surface area (Å²) < 4.78 is 46.3. The molecule has 7 heteroatoms. The van der Waals surface area contributed by atoms with Crippen molar-refractivity contribution < 1.29 is 22.7 Å². The average molecular weight is 303 g/mol. The van der Waals surface area contributed by atoms with Crippen molar-refractivity contribution in [3.8, 4) is 0 Å². The van der Waals surface area contributed by atoms with Crippen LogP contribution in [0.15, 0.2) is 17.0 Å². The Morgan fingerprint density at radius 2 is 2.20 bits per heavy atom. The van der Waals surface area contributed by atoms with Crippen molar-refractivity contribution in [1.29, 1.82) is 0 Å². The zero-order valence-electron chi connectivity index (χ0n) is 11.4. The summed E-state index contributed by atoms with van der Waals surface area (Å²) in [4.78, 5) is -0.138. The van der Waals surface area contributed by atoms with E-state index in [0.29, 0.717) is 13.0 Å². The highest BCUT2D eigenvalue weighted by molar-refractivity contribution is 7.89. The van der Waals surface area contributed by atoms with Gasteiger partial charge in [0.1, 0.15) is 5.82 Å². The van der Waals surface area contributed by atoms with Gasteiger partial charge in [0.15, 0.2) is 0 Å². The van der Waals surface area contributed by atoms with Crippen LogP contribution in [0.25, 0.3) is 0 Å². The molecule has 0 bridgehead atoms. The van der Waals surface area contributed by atoms with Crippen molar-refractivity contribution in [1.82, 2.24) is 4.72 Å². The van der Waals surface area contributed by atoms with E-state index in [1.165, 1.54) is 13.0 Å². The zero-order chi connectivity index (χ0) is 14.9. The van der Waals surface area contributed by atoms with Crippen LogP contribution in [0.4, 0.5) is 4.39 Å². The van der Waals surface area contributed by atoms with Crippen LogP contribution in [0.3, 0.4) is 0 Å². The molecule has 1 aromatic rings. The highest BCUT2D eigenvalue weighted by Gasteiger charge is 2.30. The molecule has 1 aliphatic heterocycles. The highest BCUT2D eigenvalue weighted by atomic mass is 32.2. The molecule has 2 N–H and O–H groups in total. The van der Waals surface area contributed by atoms with Gasteiger partial charge in [-0.15, -0.1) is 0 Å². The van der Waals surface area contributed by atoms with Gasteiger partial charge in [0.25, 0.3) is 0 Å². The molecule has 2 unspecified atom stereocenters. The van der Waals surface area contributed by atoms with Crippen LogP contribution in [0.5, 0.6) is 0 Å². The first kappa shape index (κ1) is 15.4. The molecular formula is C13H18FNO4S. The van der Waals surface area contributed by atoms with Gasteiger partial charge in [0.2, 0.25) is 10.0 Å². The van der Waals surface area contributed by atoms with E-state index < -0.39 is 22.4 Å². The van der Waals surface area contributed by atoms with E-state index in [1.807, 2.05) is 0 Å². The lowest BCUT2D eigenvalue weighted by Crippen LogP contribution is -2.39. The number of halogens is 1. The second-order valence-electron chi connectivity index (χ2n) is 4.95. The number of rotatable bonds is 4. The van der Waals surface area contributed by atoms with Crippen LogP contribution in [-0.2, 0) is 21.4 Å². The number of sulfonamides is 1. The zero-order valence-corrected chi connectivity index (χ0v) is 12.2. The van der Waals surface area contributed by atoms with Crippen LogP contribution < -0.4 is 4.72 Å². The van der Waals surface area contributed by atoms with Gasteiger partial charge < -0.3 is 9.84 Å². The molecular weight excluding hydrogens is 285 g/mol. The van der Waals surface area contributed by atoms with Crippen LogP contribution in [0.1, 0.15) is 24.5 Å². The fourth-order valence-corrected chi connectivity index (χ4v) is 3.87. The van der Waals surface area contributed by atoms with E-state index in [-0.39, 0.29) is 28.2 Å². The number of ether oxygens (including phenoxy) is 1. The standard InChI is InChI=1S/C13H18FNO4S/c1-8-11(14)5-10(7-16)6-13(8)20(17,18)15-12-3-4-19-9(12)2/h5-6,9,12,15-16H,3-4,7H2,1-2H3. The molecule has 2 rings (SSSR count). The first-order chi connectivity index (χ1) is 9.35. The van der Waals surface area contributed by atoms with E-state index in [2.05, 4.69) is 4.72 Å². The van der Waals surface area contributed by atoms with Crippen LogP contribution in [0, 0.1) is 12.7 Å². The third kappa shape index (κ3) is 3.01. The highest BCUT2D eigenvalue weighted by Crippen LogP contribution is 2.23. The maximum Gasteiger partial charge on any atom is 0.241 e. The van der Waals surface area contributed by atoms with E-state index >= 15 is 0 Å². The van der Waals surface area contributed by atoms with E-state index in [1.54, 1.807) is 6.92 Å². The number of nitrogens with one attached hydrogen (secondary N) is 1. The van der Waals surface area contributed by atoms with Gasteiger partial charge in [-0.2, -0.15) is 0 Å². The van der Waals surface area contributed by atoms with Gasteiger partial charge in [0, 0.05) is 12.2 Å². The first-order valence-electron chi connectivity index (χ1n) is 6.39. The van der Waals surface area contributed by atoms with E-state index in [9.17, 15) is 12.8 Å². The molecule has 0 aliphatic carbocycles. The smallest absolute Gasteiger partial charge is 0.241 e. The second-order valence-corrected chi connectivity index (χ2v) is 6.63. The van der Waals surface area contributed by atoms with Gasteiger partial charge in [-0.05, 0) is 38.0 Å². The molecule has 1 aliphatic rings. The van der Waals surface area contributed by atoms with Crippen molar-refractivity contribution in [2.75, 3.05) is 6.61 Å². The summed E-state index contributed by atoms with van der Waals surface area (Å²) in [5.74, 6) is -0.646. The summed E-state index contributed by atoms with van der Waals surface area (Å²) in [5, 5.41) is 9.07. The third-order valence-corrected chi connectivity index (χ3v) is 5.13. The molecule has 20 heavy (non-hydrogen) atoms. The van der Waals surface area contributed by atoms with Crippen molar-refractivity contribution in [2.45, 2.75) is 43.9 Å². The minimum absolute atomic E-state index is 0.0428. The molecule has 0 spiro atoms. The molecule has 5 nitrogen and oxygen atoms in total. The lowest BCUT2D eigenvalue weighted by molar-refractivity contribution is 0.117. The van der Waals surface area contributed by atoms with Gasteiger partial charge in [-0.3, -0.25) is 0 Å². The van der Waals surface area contributed by atoms with Crippen molar-refractivity contribution in [2.24, 2.45) is 0 Å². The molecule has 1 saturated heterocycles. The molecule has 0 saturated carbocycles. The van der Waals surface area contributed by atoms with E-state index in [4.69, 9.17) is 9.84 Å². The fourth-order valence-electron chi connectivity index (χ4n) is 2.23. The molecule has 0 aromatic heterocycles. The van der Waals surface area contributed by atoms with Crippen molar-refractivity contribution >= 4 is 10.0 Å². The molecule has 0 amide bonds. The van der Waals surface area contributed by atoms with Gasteiger partial charge >= 0.3 is 0 Å². The topological polar surface area (TPSA) is 75.6 Å². The number of hydrogen-bond acceptors (Lipinski definition) is 4. The van der Waals surface area contributed by atoms with Crippen LogP contribution in [-0.4, -0.2) is 32.3 Å². The molecule has 1 heterocycles. The fraction of sp³-hybridized carbons (Fsp3) is 0.538. The summed E-state index contributed by atoms with van der Waals surface area (Å²) in [5.41, 5.74) is 0.269. The Hall–Kier alpha value is -1.02. The lowest BCUT2D eigenvalue weighted by Gasteiger charge is -2.18. The maximum absolute atomic E-state index is 13.7. The molecule has 1 fully saturated rings. The summed E-state index contributed by atoms with van der Waals surface area (Å²) >= 11 is 0. The van der Waals surface area contributed by atoms with Gasteiger partial charge in [0.05, 0.1) is 23.6 Å². The monoisotopic (exact) mass is 303 g/mol. The maximum atomic E-state index is 13.7. The van der Waals surface area contributed by atoms with Crippen molar-refractivity contribution in [3.63, 3.8) is 0 Å². The number of aliphatic hydroxyl groups is 1. The number of benzene rings is 1. The molecule has 2 atom stereocenters. The number of aliphatic hydroxyl groups excluding tert-OH is 1. The Bertz CT molecular complexity index is 603. The largest absolute Gasteiger partial charge is 0.392 e. The Kier molecular flexibility index (Phi) is 4.43. The summed E-state index contributed by atoms with van der Waals surface area (Å²) in [7, 11) is -3.84. The third-order valence-electron chi connectivity index (χ3n) is 3.51. The van der Waals surface area contributed by atoms with E-state index in [0.717, 1.165) is 6.07 Å². The molecule has 112 valence electrons.